The zero-order valence-electron chi connectivity index (χ0n) is 7.39. The number of carbonyl (C=O) groups is 1. The molecule has 0 fully saturated rings. The highest BCUT2D eigenvalue weighted by atomic mass is 32.1. The predicted molar refractivity (Wildman–Crippen MR) is 49.8 cm³/mol. The molecular formula is C7H11N3O2S. The first-order chi connectivity index (χ1) is 6.11. The van der Waals surface area contributed by atoms with Gasteiger partial charge in [-0.05, 0) is 5.92 Å². The van der Waals surface area contributed by atoms with Gasteiger partial charge in [0, 0.05) is 0 Å². The molecule has 0 aliphatic rings. The van der Waals surface area contributed by atoms with Crippen molar-refractivity contribution in [3.63, 3.8) is 0 Å². The van der Waals surface area contributed by atoms with E-state index in [1.54, 1.807) is 5.51 Å². The lowest BCUT2D eigenvalue weighted by atomic mass is 10.1. The molecule has 72 valence electrons. The molecule has 13 heavy (non-hydrogen) atoms. The highest BCUT2D eigenvalue weighted by Gasteiger charge is 2.21. The second-order valence-electron chi connectivity index (χ2n) is 2.95. The van der Waals surface area contributed by atoms with Crippen molar-refractivity contribution in [1.82, 2.24) is 10.2 Å². The third-order valence-corrected chi connectivity index (χ3v) is 2.19. The van der Waals surface area contributed by atoms with Crippen LogP contribution in [-0.2, 0) is 4.79 Å². The van der Waals surface area contributed by atoms with Crippen molar-refractivity contribution in [2.75, 3.05) is 5.32 Å². The SMILES string of the molecule is CC(C)C(Nc1nncs1)C(=O)O. The van der Waals surface area contributed by atoms with Gasteiger partial charge >= 0.3 is 5.97 Å². The number of nitrogens with zero attached hydrogens (tertiary/aromatic N) is 2. The molecular weight excluding hydrogens is 190 g/mol. The first-order valence-corrected chi connectivity index (χ1v) is 4.74. The van der Waals surface area contributed by atoms with E-state index in [1.807, 2.05) is 13.8 Å². The highest BCUT2D eigenvalue weighted by molar-refractivity contribution is 7.13. The van der Waals surface area contributed by atoms with Crippen LogP contribution in [0.3, 0.4) is 0 Å². The normalized spacial score (nSPS) is 12.8. The fourth-order valence-corrected chi connectivity index (χ4v) is 1.37. The standard InChI is InChI=1S/C7H11N3O2S/c1-4(2)5(6(11)12)9-7-10-8-3-13-7/h3-5H,1-2H3,(H,9,10)(H,11,12). The summed E-state index contributed by atoms with van der Waals surface area (Å²) in [6, 6.07) is -0.604. The number of aromatic nitrogens is 2. The van der Waals surface area contributed by atoms with E-state index < -0.39 is 12.0 Å². The molecule has 0 bridgehead atoms. The number of rotatable bonds is 4. The Morgan fingerprint density at radius 1 is 1.69 bits per heavy atom. The molecule has 1 rings (SSSR count). The van der Waals surface area contributed by atoms with Crippen LogP contribution in [0.25, 0.3) is 0 Å². The number of hydrogen-bond acceptors (Lipinski definition) is 5. The maximum Gasteiger partial charge on any atom is 0.326 e. The van der Waals surface area contributed by atoms with Crippen molar-refractivity contribution in [2.24, 2.45) is 5.92 Å². The van der Waals surface area contributed by atoms with E-state index in [2.05, 4.69) is 15.5 Å². The lowest BCUT2D eigenvalue weighted by Crippen LogP contribution is -2.34. The van der Waals surface area contributed by atoms with Crippen LogP contribution < -0.4 is 5.32 Å². The number of carboxylic acid groups (broad SMARTS) is 1. The molecule has 5 nitrogen and oxygen atoms in total. The molecule has 0 aromatic carbocycles. The fourth-order valence-electron chi connectivity index (χ4n) is 0.883. The summed E-state index contributed by atoms with van der Waals surface area (Å²) >= 11 is 1.29. The Bertz CT molecular complexity index is 273. The monoisotopic (exact) mass is 201 g/mol. The summed E-state index contributed by atoms with van der Waals surface area (Å²) < 4.78 is 0. The smallest absolute Gasteiger partial charge is 0.326 e. The molecule has 0 saturated heterocycles. The van der Waals surface area contributed by atoms with Gasteiger partial charge in [-0.15, -0.1) is 10.2 Å². The molecule has 0 amide bonds. The summed E-state index contributed by atoms with van der Waals surface area (Å²) in [6.45, 7) is 3.68. The van der Waals surface area contributed by atoms with Gasteiger partial charge in [-0.2, -0.15) is 0 Å². The van der Waals surface area contributed by atoms with Crippen molar-refractivity contribution in [3.05, 3.63) is 5.51 Å². The Morgan fingerprint density at radius 3 is 2.77 bits per heavy atom. The van der Waals surface area contributed by atoms with Gasteiger partial charge < -0.3 is 10.4 Å². The van der Waals surface area contributed by atoms with Crippen molar-refractivity contribution in [2.45, 2.75) is 19.9 Å². The number of hydrogen-bond donors (Lipinski definition) is 2. The quantitative estimate of drug-likeness (QED) is 0.761. The van der Waals surface area contributed by atoms with Crippen LogP contribution in [0, 0.1) is 5.92 Å². The minimum Gasteiger partial charge on any atom is -0.480 e. The van der Waals surface area contributed by atoms with E-state index in [9.17, 15) is 4.79 Å². The second kappa shape index (κ2) is 4.18. The molecule has 2 N–H and O–H groups in total. The van der Waals surface area contributed by atoms with Gasteiger partial charge in [0.2, 0.25) is 5.13 Å². The Hall–Kier alpha value is -1.17. The molecule has 0 aliphatic heterocycles. The van der Waals surface area contributed by atoms with Gasteiger partial charge in [-0.3, -0.25) is 0 Å². The van der Waals surface area contributed by atoms with Crippen LogP contribution in [0.2, 0.25) is 0 Å². The van der Waals surface area contributed by atoms with Gasteiger partial charge in [0.25, 0.3) is 0 Å². The van der Waals surface area contributed by atoms with Gasteiger partial charge in [0.05, 0.1) is 0 Å². The first kappa shape index (κ1) is 9.91. The summed E-state index contributed by atoms with van der Waals surface area (Å²) in [6.07, 6.45) is 0. The molecule has 1 unspecified atom stereocenters. The van der Waals surface area contributed by atoms with E-state index in [0.29, 0.717) is 5.13 Å². The summed E-state index contributed by atoms with van der Waals surface area (Å²) in [7, 11) is 0. The third kappa shape index (κ3) is 2.66. The maximum atomic E-state index is 10.8. The van der Waals surface area contributed by atoms with Gasteiger partial charge in [0.15, 0.2) is 0 Å². The van der Waals surface area contributed by atoms with Crippen LogP contribution in [0.5, 0.6) is 0 Å². The Kier molecular flexibility index (Phi) is 3.18. The zero-order valence-corrected chi connectivity index (χ0v) is 8.21. The first-order valence-electron chi connectivity index (χ1n) is 3.86. The van der Waals surface area contributed by atoms with E-state index in [0.717, 1.165) is 0 Å². The molecule has 1 aromatic rings. The van der Waals surface area contributed by atoms with Gasteiger partial charge in [-0.1, -0.05) is 25.2 Å². The number of carboxylic acids is 1. The van der Waals surface area contributed by atoms with Crippen LogP contribution in [0.4, 0.5) is 5.13 Å². The number of nitrogens with one attached hydrogen (secondary N) is 1. The summed E-state index contributed by atoms with van der Waals surface area (Å²) in [5, 5.41) is 19.5. The van der Waals surface area contributed by atoms with E-state index >= 15 is 0 Å². The average molecular weight is 201 g/mol. The minimum absolute atomic E-state index is 0.0152. The lowest BCUT2D eigenvalue weighted by molar-refractivity contribution is -0.138. The van der Waals surface area contributed by atoms with Crippen molar-refractivity contribution in [3.8, 4) is 0 Å². The maximum absolute atomic E-state index is 10.8. The second-order valence-corrected chi connectivity index (χ2v) is 3.78. The van der Waals surface area contributed by atoms with Gasteiger partial charge in [-0.25, -0.2) is 4.79 Å². The predicted octanol–water partition coefficient (Wildman–Crippen LogP) is 1.06. The van der Waals surface area contributed by atoms with E-state index in [-0.39, 0.29) is 5.92 Å². The largest absolute Gasteiger partial charge is 0.480 e. The molecule has 1 aromatic heterocycles. The lowest BCUT2D eigenvalue weighted by Gasteiger charge is -2.16. The number of aliphatic carboxylic acids is 1. The molecule has 1 atom stereocenters. The van der Waals surface area contributed by atoms with Crippen molar-refractivity contribution >= 4 is 22.4 Å². The van der Waals surface area contributed by atoms with Crippen LogP contribution in [0.1, 0.15) is 13.8 Å². The van der Waals surface area contributed by atoms with Crippen LogP contribution >= 0.6 is 11.3 Å². The third-order valence-electron chi connectivity index (χ3n) is 1.57. The number of anilines is 1. The zero-order chi connectivity index (χ0) is 9.84. The molecule has 0 radical (unpaired) electrons. The summed E-state index contributed by atoms with van der Waals surface area (Å²) in [5.41, 5.74) is 1.56. The Morgan fingerprint density at radius 2 is 2.38 bits per heavy atom. The Balaban J connectivity index is 2.63. The average Bonchev–Trinajstić information content (AvgIpc) is 2.50. The van der Waals surface area contributed by atoms with E-state index in [4.69, 9.17) is 5.11 Å². The van der Waals surface area contributed by atoms with Gasteiger partial charge in [0.1, 0.15) is 11.6 Å². The molecule has 6 heteroatoms. The summed E-state index contributed by atoms with van der Waals surface area (Å²) in [5.74, 6) is -0.855. The fraction of sp³-hybridized carbons (Fsp3) is 0.571. The minimum atomic E-state index is -0.870. The highest BCUT2D eigenvalue weighted by Crippen LogP contribution is 2.13. The summed E-state index contributed by atoms with van der Waals surface area (Å²) in [4.78, 5) is 10.8. The topological polar surface area (TPSA) is 75.1 Å². The van der Waals surface area contributed by atoms with Crippen LogP contribution in [0.15, 0.2) is 5.51 Å². The molecule has 0 saturated carbocycles. The molecule has 0 spiro atoms. The molecule has 0 aliphatic carbocycles. The van der Waals surface area contributed by atoms with Crippen molar-refractivity contribution in [1.29, 1.82) is 0 Å². The van der Waals surface area contributed by atoms with Crippen molar-refractivity contribution < 1.29 is 9.90 Å². The Labute approximate surface area is 79.8 Å². The molecule has 1 heterocycles. The van der Waals surface area contributed by atoms with Crippen LogP contribution in [-0.4, -0.2) is 27.3 Å². The van der Waals surface area contributed by atoms with E-state index in [1.165, 1.54) is 11.3 Å².